The van der Waals surface area contributed by atoms with E-state index in [1.165, 1.54) is 11.8 Å². The Morgan fingerprint density at radius 1 is 1.11 bits per heavy atom. The third-order valence-electron chi connectivity index (χ3n) is 3.81. The number of fused-ring (bicyclic) bond motifs is 1. The Kier molecular flexibility index (Phi) is 4.71. The average molecular weight is 376 g/mol. The summed E-state index contributed by atoms with van der Waals surface area (Å²) in [5.74, 6) is 1.47. The molecular formula is C19H16N6OS. The molecule has 134 valence electrons. The van der Waals surface area contributed by atoms with Gasteiger partial charge >= 0.3 is 0 Å². The summed E-state index contributed by atoms with van der Waals surface area (Å²) in [5, 5.41) is 25.4. The van der Waals surface area contributed by atoms with Gasteiger partial charge in [-0.3, -0.25) is 10.5 Å². The fourth-order valence-electron chi connectivity index (χ4n) is 2.54. The van der Waals surface area contributed by atoms with Crippen LogP contribution in [-0.4, -0.2) is 35.3 Å². The smallest absolute Gasteiger partial charge is 0.174 e. The summed E-state index contributed by atoms with van der Waals surface area (Å²) in [6.45, 7) is 0. The van der Waals surface area contributed by atoms with Crippen molar-refractivity contribution in [3.05, 3.63) is 71.8 Å². The van der Waals surface area contributed by atoms with E-state index in [1.807, 2.05) is 36.4 Å². The van der Waals surface area contributed by atoms with E-state index in [1.54, 1.807) is 24.3 Å². The minimum atomic E-state index is 0.236. The number of rotatable bonds is 5. The number of phenols is 1. The number of aromatic amines is 2. The van der Waals surface area contributed by atoms with Gasteiger partial charge in [-0.25, -0.2) is 9.97 Å². The number of para-hydroxylation sites is 2. The van der Waals surface area contributed by atoms with Crippen LogP contribution in [0.3, 0.4) is 0 Å². The maximum atomic E-state index is 9.32. The minimum absolute atomic E-state index is 0.236. The number of aromatic nitrogens is 5. The van der Waals surface area contributed by atoms with Crippen LogP contribution in [0.5, 0.6) is 5.75 Å². The van der Waals surface area contributed by atoms with E-state index in [-0.39, 0.29) is 5.75 Å². The summed E-state index contributed by atoms with van der Waals surface area (Å²) in [4.78, 5) is 12.0. The molecule has 4 rings (SSSR count). The monoisotopic (exact) mass is 376 g/mol. The molecule has 27 heavy (non-hydrogen) atoms. The van der Waals surface area contributed by atoms with E-state index in [0.29, 0.717) is 22.4 Å². The zero-order valence-corrected chi connectivity index (χ0v) is 15.0. The molecule has 0 fully saturated rings. The maximum Gasteiger partial charge on any atom is 0.174 e. The molecule has 2 heterocycles. The number of aromatic hydroxyl groups is 1. The van der Waals surface area contributed by atoms with Crippen molar-refractivity contribution < 1.29 is 5.11 Å². The summed E-state index contributed by atoms with van der Waals surface area (Å²) >= 11 is 1.24. The van der Waals surface area contributed by atoms with Crippen LogP contribution < -0.4 is 0 Å². The zero-order chi connectivity index (χ0) is 18.6. The van der Waals surface area contributed by atoms with Gasteiger partial charge in [0, 0.05) is 6.42 Å². The number of imidazole rings is 1. The molecule has 0 aliphatic carbocycles. The lowest BCUT2D eigenvalue weighted by molar-refractivity contribution is 0.475. The van der Waals surface area contributed by atoms with Crippen molar-refractivity contribution in [1.82, 2.24) is 25.1 Å². The summed E-state index contributed by atoms with van der Waals surface area (Å²) < 4.78 is 0. The Morgan fingerprint density at radius 3 is 2.74 bits per heavy atom. The molecule has 0 aliphatic rings. The van der Waals surface area contributed by atoms with Crippen LogP contribution in [0.25, 0.3) is 17.1 Å². The lowest BCUT2D eigenvalue weighted by atomic mass is 10.1. The standard InChI is InChI=1S/C19H16N6OS/c20-16(27-19-21-14-3-1-2-4-15(14)22-19)9-10-17-23-18(25-24-17)11-12-5-7-13(26)8-6-12/h1-10,20,26H,11H2,(H,21,22)(H,23,24,25)/b10-9-,20-16?. The molecule has 2 aromatic carbocycles. The van der Waals surface area contributed by atoms with E-state index in [0.717, 1.165) is 22.4 Å². The van der Waals surface area contributed by atoms with Crippen molar-refractivity contribution in [2.45, 2.75) is 11.6 Å². The Hall–Kier alpha value is -3.39. The highest BCUT2D eigenvalue weighted by Gasteiger charge is 2.06. The first kappa shape index (κ1) is 17.0. The van der Waals surface area contributed by atoms with Crippen LogP contribution >= 0.6 is 11.8 Å². The molecule has 0 bridgehead atoms. The molecule has 7 nitrogen and oxygen atoms in total. The SMILES string of the molecule is N=C(/C=C\c1n[nH]c(Cc2ccc(O)cc2)n1)Sc1nc2ccccc2[nH]1. The van der Waals surface area contributed by atoms with Crippen LogP contribution in [0, 0.1) is 5.41 Å². The second-order valence-electron chi connectivity index (χ2n) is 5.84. The third-order valence-corrected chi connectivity index (χ3v) is 4.56. The van der Waals surface area contributed by atoms with Crippen molar-refractivity contribution in [2.24, 2.45) is 0 Å². The molecule has 2 aromatic heterocycles. The highest BCUT2D eigenvalue weighted by molar-refractivity contribution is 8.14. The molecular weight excluding hydrogens is 360 g/mol. The molecule has 0 unspecified atom stereocenters. The van der Waals surface area contributed by atoms with Crippen molar-refractivity contribution in [3.63, 3.8) is 0 Å². The van der Waals surface area contributed by atoms with Crippen LogP contribution in [0.1, 0.15) is 17.2 Å². The second kappa shape index (κ2) is 7.46. The van der Waals surface area contributed by atoms with Crippen LogP contribution in [0.2, 0.25) is 0 Å². The number of phenolic OH excluding ortho intramolecular Hbond substituents is 1. The highest BCUT2D eigenvalue weighted by atomic mass is 32.2. The molecule has 8 heteroatoms. The van der Waals surface area contributed by atoms with Gasteiger partial charge in [0.05, 0.1) is 16.1 Å². The Balaban J connectivity index is 1.38. The molecule has 0 atom stereocenters. The van der Waals surface area contributed by atoms with Gasteiger partial charge in [0.2, 0.25) is 0 Å². The first-order valence-corrected chi connectivity index (χ1v) is 9.06. The fourth-order valence-corrected chi connectivity index (χ4v) is 3.19. The molecule has 0 amide bonds. The van der Waals surface area contributed by atoms with Gasteiger partial charge in [-0.15, -0.1) is 0 Å². The van der Waals surface area contributed by atoms with Crippen LogP contribution in [0.15, 0.2) is 59.8 Å². The van der Waals surface area contributed by atoms with E-state index in [9.17, 15) is 5.11 Å². The Morgan fingerprint density at radius 2 is 1.93 bits per heavy atom. The molecule has 4 N–H and O–H groups in total. The number of nitrogens with one attached hydrogen (secondary N) is 3. The lowest BCUT2D eigenvalue weighted by Crippen LogP contribution is -1.90. The van der Waals surface area contributed by atoms with Gasteiger partial charge in [-0.1, -0.05) is 24.3 Å². The molecule has 4 aromatic rings. The fraction of sp³-hybridized carbons (Fsp3) is 0.0526. The topological polar surface area (TPSA) is 114 Å². The minimum Gasteiger partial charge on any atom is -0.508 e. The van der Waals surface area contributed by atoms with E-state index >= 15 is 0 Å². The van der Waals surface area contributed by atoms with E-state index in [4.69, 9.17) is 5.41 Å². The molecule has 0 saturated carbocycles. The van der Waals surface area contributed by atoms with Gasteiger partial charge in [-0.05, 0) is 53.7 Å². The van der Waals surface area contributed by atoms with Crippen LogP contribution in [-0.2, 0) is 6.42 Å². The number of thioether (sulfide) groups is 1. The number of nitrogens with zero attached hydrogens (tertiary/aromatic N) is 3. The maximum absolute atomic E-state index is 9.32. The highest BCUT2D eigenvalue weighted by Crippen LogP contribution is 2.20. The molecule has 0 aliphatic heterocycles. The van der Waals surface area contributed by atoms with Gasteiger partial charge < -0.3 is 10.1 Å². The number of hydrogen-bond acceptors (Lipinski definition) is 6. The Bertz CT molecular complexity index is 1080. The average Bonchev–Trinajstić information content (AvgIpc) is 3.28. The number of hydrogen-bond donors (Lipinski definition) is 4. The van der Waals surface area contributed by atoms with Crippen molar-refractivity contribution in [1.29, 1.82) is 5.41 Å². The Labute approximate surface area is 159 Å². The van der Waals surface area contributed by atoms with E-state index in [2.05, 4.69) is 25.1 Å². The second-order valence-corrected chi connectivity index (χ2v) is 6.87. The van der Waals surface area contributed by atoms with E-state index < -0.39 is 0 Å². The quantitative estimate of drug-likeness (QED) is 0.240. The van der Waals surface area contributed by atoms with Gasteiger partial charge in [0.15, 0.2) is 11.0 Å². The first-order valence-electron chi connectivity index (χ1n) is 8.24. The van der Waals surface area contributed by atoms with Gasteiger partial charge in [0.25, 0.3) is 0 Å². The summed E-state index contributed by atoms with van der Waals surface area (Å²) in [6, 6.07) is 14.7. The van der Waals surface area contributed by atoms with Gasteiger partial charge in [0.1, 0.15) is 11.6 Å². The normalized spacial score (nSPS) is 11.4. The molecule has 0 spiro atoms. The van der Waals surface area contributed by atoms with Crippen LogP contribution in [0.4, 0.5) is 0 Å². The predicted octanol–water partition coefficient (Wildman–Crippen LogP) is 3.76. The molecule has 0 radical (unpaired) electrons. The van der Waals surface area contributed by atoms with Gasteiger partial charge in [-0.2, -0.15) is 5.10 Å². The summed E-state index contributed by atoms with van der Waals surface area (Å²) in [7, 11) is 0. The molecule has 0 saturated heterocycles. The third kappa shape index (κ3) is 4.24. The van der Waals surface area contributed by atoms with Crippen molar-refractivity contribution in [3.8, 4) is 5.75 Å². The lowest BCUT2D eigenvalue weighted by Gasteiger charge is -1.97. The zero-order valence-electron chi connectivity index (χ0n) is 14.2. The summed E-state index contributed by atoms with van der Waals surface area (Å²) in [6.07, 6.45) is 3.92. The number of H-pyrrole nitrogens is 2. The van der Waals surface area contributed by atoms with Crippen molar-refractivity contribution in [2.75, 3.05) is 0 Å². The largest absolute Gasteiger partial charge is 0.508 e. The first-order chi connectivity index (χ1) is 13.2. The number of benzene rings is 2. The van der Waals surface area contributed by atoms with Crippen molar-refractivity contribution >= 4 is 33.9 Å². The summed E-state index contributed by atoms with van der Waals surface area (Å²) in [5.41, 5.74) is 2.85. The predicted molar refractivity (Wildman–Crippen MR) is 106 cm³/mol.